The summed E-state index contributed by atoms with van der Waals surface area (Å²) < 4.78 is 10.3. The van der Waals surface area contributed by atoms with Crippen molar-refractivity contribution in [2.75, 3.05) is 133 Å². The summed E-state index contributed by atoms with van der Waals surface area (Å²) in [6, 6.07) is 47.2. The van der Waals surface area contributed by atoms with Gasteiger partial charge in [0, 0.05) is 100 Å². The molecular weight excluding hydrogens is 1110 g/mol. The summed E-state index contributed by atoms with van der Waals surface area (Å²) in [5.74, 6) is 2.41. The molecule has 19 heteroatoms. The number of aryl methyl sites for hydroxylation is 2. The van der Waals surface area contributed by atoms with Gasteiger partial charge in [-0.05, 0) is 133 Å². The van der Waals surface area contributed by atoms with Gasteiger partial charge in [-0.2, -0.15) is 9.97 Å². The van der Waals surface area contributed by atoms with E-state index in [1.807, 2.05) is 210 Å². The molecule has 0 atom stereocenters. The molecule has 0 radical (unpaired) electrons. The van der Waals surface area contributed by atoms with Crippen molar-refractivity contribution in [2.45, 2.75) is 13.8 Å². The molecule has 0 aliphatic carbocycles. The van der Waals surface area contributed by atoms with Gasteiger partial charge in [-0.1, -0.05) is 85.0 Å². The molecule has 4 heterocycles. The molecule has 7 N–H and O–H groups in total. The molecule has 0 bridgehead atoms. The van der Waals surface area contributed by atoms with Crippen LogP contribution in [0.2, 0.25) is 0 Å². The molecule has 19 nitrogen and oxygen atoms in total. The quantitative estimate of drug-likeness (QED) is 0.0244. The third kappa shape index (κ3) is 25.4. The highest BCUT2D eigenvalue weighted by Crippen LogP contribution is 2.21. The second-order valence-corrected chi connectivity index (χ2v) is 19.4. The Morgan fingerprint density at radius 3 is 0.886 bits per heavy atom. The lowest BCUT2D eigenvalue weighted by Crippen LogP contribution is -2.29. The van der Waals surface area contributed by atoms with Crippen molar-refractivity contribution in [3.8, 4) is 11.8 Å². The van der Waals surface area contributed by atoms with E-state index < -0.39 is 0 Å². The number of anilines is 4. The average molecular weight is 1200 g/mol. The number of ether oxygens (including phenoxy) is 2. The van der Waals surface area contributed by atoms with Crippen LogP contribution in [0.4, 0.5) is 22.7 Å². The third-order valence-corrected chi connectivity index (χ3v) is 13.0. The van der Waals surface area contributed by atoms with Crippen molar-refractivity contribution in [1.29, 1.82) is 0 Å². The Labute approximate surface area is 517 Å². The normalized spacial score (nSPS) is 11.0. The highest BCUT2D eigenvalue weighted by molar-refractivity contribution is 5.72. The summed E-state index contributed by atoms with van der Waals surface area (Å²) >= 11 is 0. The van der Waals surface area contributed by atoms with Crippen LogP contribution in [0.15, 0.2) is 158 Å². The van der Waals surface area contributed by atoms with E-state index in [1.165, 1.54) is 0 Å². The maximum Gasteiger partial charge on any atom is 0.216 e. The van der Waals surface area contributed by atoms with Gasteiger partial charge in [0.05, 0.1) is 83.2 Å². The number of pyridine rings is 2. The molecule has 0 unspecified atom stereocenters. The molecule has 0 spiro atoms. The number of rotatable bonds is 28. The Morgan fingerprint density at radius 1 is 0.341 bits per heavy atom. The Morgan fingerprint density at radius 2 is 0.625 bits per heavy atom. The maximum atomic E-state index is 9.10. The van der Waals surface area contributed by atoms with Gasteiger partial charge in [0.15, 0.2) is 0 Å². The minimum Gasteiger partial charge on any atom is -0.481 e. The number of nitrogens with zero attached hydrogens (tertiary/aromatic N) is 10. The molecular formula is C69H84N10O9. The first-order valence-corrected chi connectivity index (χ1v) is 28.9. The molecule has 0 saturated carbocycles. The highest BCUT2D eigenvalue weighted by atomic mass is 16.5. The van der Waals surface area contributed by atoms with Crippen molar-refractivity contribution < 1.29 is 45.2 Å². The third-order valence-electron chi connectivity index (χ3n) is 13.0. The van der Waals surface area contributed by atoms with E-state index in [-0.39, 0.29) is 46.2 Å². The molecule has 0 aliphatic heterocycles. The van der Waals surface area contributed by atoms with E-state index in [4.69, 9.17) is 45.2 Å². The minimum absolute atomic E-state index is 0.0521. The number of aliphatic hydroxyl groups excluding tert-OH is 7. The highest BCUT2D eigenvalue weighted by Gasteiger charge is 2.08. The van der Waals surface area contributed by atoms with E-state index in [2.05, 4.69) is 42.0 Å². The molecule has 0 saturated heterocycles. The lowest BCUT2D eigenvalue weighted by Gasteiger charge is -2.22. The second-order valence-electron chi connectivity index (χ2n) is 19.4. The zero-order valence-corrected chi connectivity index (χ0v) is 50.9. The summed E-state index contributed by atoms with van der Waals surface area (Å²) in [7, 11) is 5.13. The summed E-state index contributed by atoms with van der Waals surface area (Å²) in [4.78, 5) is 33.3. The van der Waals surface area contributed by atoms with Gasteiger partial charge in [-0.3, -0.25) is 9.97 Å². The number of methoxy groups -OCH3 is 2. The number of hydrogen-bond donors (Lipinski definition) is 7. The van der Waals surface area contributed by atoms with Crippen LogP contribution in [-0.2, 0) is 0 Å². The van der Waals surface area contributed by atoms with Crippen LogP contribution in [0.25, 0.3) is 48.6 Å². The Kier molecular flexibility index (Phi) is 31.8. The number of aliphatic hydroxyl groups is 7. The second kappa shape index (κ2) is 40.2. The molecule has 0 amide bonds. The monoisotopic (exact) mass is 1200 g/mol. The molecule has 464 valence electrons. The Hall–Kier alpha value is -9.18. The Balaban J connectivity index is 0.000000215. The van der Waals surface area contributed by atoms with E-state index in [9.17, 15) is 0 Å². The summed E-state index contributed by atoms with van der Waals surface area (Å²) in [5.41, 5.74) is 11.7. The first-order valence-electron chi connectivity index (χ1n) is 28.9. The van der Waals surface area contributed by atoms with Crippen LogP contribution in [0, 0.1) is 13.8 Å². The van der Waals surface area contributed by atoms with Gasteiger partial charge in [-0.25, -0.2) is 9.97 Å². The largest absolute Gasteiger partial charge is 0.481 e. The van der Waals surface area contributed by atoms with Crippen LogP contribution in [-0.4, -0.2) is 179 Å². The average Bonchev–Trinajstić information content (AvgIpc) is 3.70. The topological polar surface area (TPSA) is 250 Å². The summed E-state index contributed by atoms with van der Waals surface area (Å²) in [6.45, 7) is 7.82. The fourth-order valence-corrected chi connectivity index (χ4v) is 8.52. The lowest BCUT2D eigenvalue weighted by atomic mass is 10.1. The van der Waals surface area contributed by atoms with Crippen molar-refractivity contribution in [1.82, 2.24) is 29.9 Å². The van der Waals surface area contributed by atoms with Gasteiger partial charge in [0.25, 0.3) is 0 Å². The van der Waals surface area contributed by atoms with E-state index in [0.29, 0.717) is 69.2 Å². The SMILES string of the molecule is CN(CCO)c1ccc(/C=C/c2ccccn2)cc1.COc1cc(/C=C/c2ccc(N(CCO)CCO)cc2)nc(C)n1.COc1cc(/C=C/c2ccc(N(CCO)CCO)cc2)nc(C)n1.OCCN(CCO)c1ccc(/C=C/c2ccccn2)cc1. The number of aromatic nitrogens is 6. The molecule has 8 rings (SSSR count). The van der Waals surface area contributed by atoms with Crippen molar-refractivity contribution in [3.05, 3.63) is 215 Å². The molecule has 4 aromatic heterocycles. The molecule has 0 aliphatic rings. The first-order chi connectivity index (χ1) is 42.9. The van der Waals surface area contributed by atoms with Crippen LogP contribution in [0.5, 0.6) is 11.8 Å². The molecule has 88 heavy (non-hydrogen) atoms. The van der Waals surface area contributed by atoms with Crippen molar-refractivity contribution in [3.63, 3.8) is 0 Å². The van der Waals surface area contributed by atoms with Gasteiger partial charge in [-0.15, -0.1) is 0 Å². The maximum absolute atomic E-state index is 9.10. The fraction of sp³-hybridized carbons (Fsp3) is 0.275. The zero-order valence-electron chi connectivity index (χ0n) is 50.9. The van der Waals surface area contributed by atoms with Gasteiger partial charge < -0.3 is 64.8 Å². The zero-order chi connectivity index (χ0) is 63.1. The van der Waals surface area contributed by atoms with Crippen LogP contribution < -0.4 is 29.1 Å². The molecule has 0 fully saturated rings. The predicted octanol–water partition coefficient (Wildman–Crippen LogP) is 8.23. The fourth-order valence-electron chi connectivity index (χ4n) is 8.52. The number of likely N-dealkylation sites (N-methyl/N-ethyl adjacent to an activating group) is 1. The van der Waals surface area contributed by atoms with E-state index in [1.54, 1.807) is 38.7 Å². The minimum atomic E-state index is 0.0521. The Bertz CT molecular complexity index is 3170. The van der Waals surface area contributed by atoms with Crippen LogP contribution in [0.1, 0.15) is 56.7 Å². The summed E-state index contributed by atoms with van der Waals surface area (Å²) in [5, 5.41) is 63.4. The van der Waals surface area contributed by atoms with Gasteiger partial charge in [0.1, 0.15) is 11.6 Å². The van der Waals surface area contributed by atoms with Gasteiger partial charge >= 0.3 is 0 Å². The standard InChI is InChI=1S/2C18H23N3O3.C17H20N2O2.C16H18N2O/c2*1-14-19-16(13-18(20-14)24-2)6-3-15-4-7-17(8-5-15)21(9-11-22)10-12-23;20-13-11-19(12-14-21)17-8-5-15(6-9-17)4-7-16-3-1-2-10-18-16;1-18(12-13-19)16-9-6-14(7-10-16)5-8-15-4-2-3-11-17-15/h2*3-8,13,22-23H,9-12H2,1-2H3;1-10,20-21H,11-14H2;2-11,19H,12-13H2,1H3/b2*6-3+;7-4+;8-5+. The number of hydrogen-bond acceptors (Lipinski definition) is 19. The van der Waals surface area contributed by atoms with Crippen LogP contribution >= 0.6 is 0 Å². The first kappa shape index (κ1) is 69.6. The molecule has 4 aromatic carbocycles. The lowest BCUT2D eigenvalue weighted by molar-refractivity contribution is 0.280. The van der Waals surface area contributed by atoms with Crippen molar-refractivity contribution >= 4 is 71.4 Å². The van der Waals surface area contributed by atoms with Crippen LogP contribution in [0.3, 0.4) is 0 Å². The number of benzene rings is 4. The van der Waals surface area contributed by atoms with E-state index >= 15 is 0 Å². The van der Waals surface area contributed by atoms with E-state index in [0.717, 1.165) is 67.8 Å². The van der Waals surface area contributed by atoms with Gasteiger partial charge in [0.2, 0.25) is 11.8 Å². The predicted molar refractivity (Wildman–Crippen MR) is 356 cm³/mol. The summed E-state index contributed by atoms with van der Waals surface area (Å²) in [6.07, 6.45) is 19.3. The molecule has 8 aromatic rings. The van der Waals surface area contributed by atoms with Crippen molar-refractivity contribution in [2.24, 2.45) is 0 Å². The smallest absolute Gasteiger partial charge is 0.216 e.